The Morgan fingerprint density at radius 2 is 1.89 bits per heavy atom. The van der Waals surface area contributed by atoms with Crippen LogP contribution in [0.25, 0.3) is 0 Å². The van der Waals surface area contributed by atoms with Crippen LogP contribution in [0.15, 0.2) is 0 Å². The highest BCUT2D eigenvalue weighted by Gasteiger charge is 2.48. The van der Waals surface area contributed by atoms with E-state index in [0.29, 0.717) is 25.3 Å². The van der Waals surface area contributed by atoms with Gasteiger partial charge in [0.1, 0.15) is 12.1 Å². The average Bonchev–Trinajstić information content (AvgIpc) is 3.13. The van der Waals surface area contributed by atoms with Crippen molar-refractivity contribution in [3.63, 3.8) is 0 Å². The van der Waals surface area contributed by atoms with Crippen molar-refractivity contribution in [2.24, 2.45) is 16.7 Å². The van der Waals surface area contributed by atoms with E-state index in [1.54, 1.807) is 11.8 Å². The number of nitrogens with zero attached hydrogens (tertiary/aromatic N) is 1. The van der Waals surface area contributed by atoms with Crippen LogP contribution in [0.3, 0.4) is 0 Å². The lowest BCUT2D eigenvalue weighted by Gasteiger charge is -2.40. The second-order valence-corrected chi connectivity index (χ2v) is 9.52. The van der Waals surface area contributed by atoms with E-state index in [9.17, 15) is 14.4 Å². The molecule has 2 rings (SSSR count). The molecule has 0 bridgehead atoms. The summed E-state index contributed by atoms with van der Waals surface area (Å²) in [6.45, 7) is 13.4. The van der Waals surface area contributed by atoms with Crippen LogP contribution >= 0.6 is 0 Å². The summed E-state index contributed by atoms with van der Waals surface area (Å²) >= 11 is 0. The van der Waals surface area contributed by atoms with Crippen molar-refractivity contribution in [2.45, 2.75) is 91.8 Å². The van der Waals surface area contributed by atoms with Gasteiger partial charge in [-0.05, 0) is 62.7 Å². The summed E-state index contributed by atoms with van der Waals surface area (Å²) < 4.78 is 5.76. The van der Waals surface area contributed by atoms with Crippen molar-refractivity contribution in [1.82, 2.24) is 10.2 Å². The molecule has 27 heavy (non-hydrogen) atoms. The maximum atomic E-state index is 12.7. The number of hydrogen-bond acceptors (Lipinski definition) is 4. The lowest BCUT2D eigenvalue weighted by atomic mass is 9.66. The van der Waals surface area contributed by atoms with Gasteiger partial charge in [0.2, 0.25) is 12.3 Å². The molecule has 1 aliphatic heterocycles. The number of amides is 2. The summed E-state index contributed by atoms with van der Waals surface area (Å²) in [5, 5.41) is 2.46. The van der Waals surface area contributed by atoms with Gasteiger partial charge in [0.25, 0.3) is 0 Å². The molecule has 0 aromatic rings. The summed E-state index contributed by atoms with van der Waals surface area (Å²) in [7, 11) is 0. The number of carbonyl (C=O) groups is 3. The van der Waals surface area contributed by atoms with E-state index >= 15 is 0 Å². The minimum absolute atomic E-state index is 0.168. The summed E-state index contributed by atoms with van der Waals surface area (Å²) in [5.74, 6) is -0.0250. The highest BCUT2D eigenvalue weighted by atomic mass is 16.5. The molecule has 4 unspecified atom stereocenters. The Kier molecular flexibility index (Phi) is 6.59. The molecule has 1 N–H and O–H groups in total. The second-order valence-electron chi connectivity index (χ2n) is 9.52. The van der Waals surface area contributed by atoms with Crippen molar-refractivity contribution < 1.29 is 19.1 Å². The summed E-state index contributed by atoms with van der Waals surface area (Å²) in [6, 6.07) is -1.17. The normalized spacial score (nSPS) is 28.4. The molecule has 2 aliphatic rings. The van der Waals surface area contributed by atoms with Gasteiger partial charge in [0, 0.05) is 6.54 Å². The molecule has 6 heteroatoms. The minimum Gasteiger partial charge on any atom is -0.461 e. The molecule has 0 radical (unpaired) electrons. The number of carbonyl (C=O) groups excluding carboxylic acids is 3. The third kappa shape index (κ3) is 4.46. The first-order valence-electron chi connectivity index (χ1n) is 10.2. The first kappa shape index (κ1) is 21.7. The number of likely N-dealkylation sites (tertiary alicyclic amines) is 1. The third-order valence-electron chi connectivity index (χ3n) is 7.31. The fourth-order valence-corrected chi connectivity index (χ4v) is 4.61. The molecule has 4 atom stereocenters. The molecule has 0 aromatic heterocycles. The van der Waals surface area contributed by atoms with Gasteiger partial charge in [0.15, 0.2) is 0 Å². The number of rotatable bonds is 7. The summed E-state index contributed by atoms with van der Waals surface area (Å²) in [5.41, 5.74) is 0.497. The zero-order chi connectivity index (χ0) is 20.4. The molecule has 1 saturated heterocycles. The van der Waals surface area contributed by atoms with Crippen LogP contribution in [0, 0.1) is 16.7 Å². The largest absolute Gasteiger partial charge is 0.461 e. The van der Waals surface area contributed by atoms with Crippen molar-refractivity contribution in [3.05, 3.63) is 0 Å². The Balaban J connectivity index is 1.94. The first-order chi connectivity index (χ1) is 12.5. The minimum atomic E-state index is -0.630. The summed E-state index contributed by atoms with van der Waals surface area (Å²) in [4.78, 5) is 37.3. The maximum absolute atomic E-state index is 12.7. The van der Waals surface area contributed by atoms with E-state index in [0.717, 1.165) is 19.3 Å². The number of nitrogens with one attached hydrogen (secondary N) is 1. The lowest BCUT2D eigenvalue weighted by molar-refractivity contribution is -0.158. The predicted molar refractivity (Wildman–Crippen MR) is 104 cm³/mol. The van der Waals surface area contributed by atoms with Crippen molar-refractivity contribution in [2.75, 3.05) is 6.54 Å². The smallest absolute Gasteiger partial charge is 0.329 e. The van der Waals surface area contributed by atoms with Gasteiger partial charge in [-0.1, -0.05) is 27.7 Å². The Labute approximate surface area is 163 Å². The van der Waals surface area contributed by atoms with Gasteiger partial charge in [-0.2, -0.15) is 0 Å². The Bertz CT molecular complexity index is 573. The standard InChI is InChI=1S/C21H36N2O4/c1-14(12-16-9-10-20(3,4)21(16,5)6)27-19(26)17-8-7-11-23(17)18(25)15(2)22-13-24/h13-17H,7-12H2,1-6H3,(H,22,24). The van der Waals surface area contributed by atoms with E-state index in [2.05, 4.69) is 33.0 Å². The van der Waals surface area contributed by atoms with Crippen molar-refractivity contribution in [3.8, 4) is 0 Å². The molecule has 2 amide bonds. The van der Waals surface area contributed by atoms with Crippen LogP contribution < -0.4 is 5.32 Å². The van der Waals surface area contributed by atoms with E-state index in [4.69, 9.17) is 4.74 Å². The second kappa shape index (κ2) is 8.19. The summed E-state index contributed by atoms with van der Waals surface area (Å²) in [6.07, 6.45) is 4.94. The number of hydrogen-bond donors (Lipinski definition) is 1. The molecule has 1 heterocycles. The van der Waals surface area contributed by atoms with Crippen LogP contribution in [0.4, 0.5) is 0 Å². The van der Waals surface area contributed by atoms with Gasteiger partial charge in [-0.15, -0.1) is 0 Å². The van der Waals surface area contributed by atoms with Gasteiger partial charge >= 0.3 is 5.97 Å². The Hall–Kier alpha value is -1.59. The van der Waals surface area contributed by atoms with Crippen molar-refractivity contribution >= 4 is 18.3 Å². The molecule has 6 nitrogen and oxygen atoms in total. The number of ether oxygens (including phenoxy) is 1. The van der Waals surface area contributed by atoms with E-state index < -0.39 is 12.1 Å². The van der Waals surface area contributed by atoms with Crippen LogP contribution in [-0.4, -0.2) is 47.9 Å². The van der Waals surface area contributed by atoms with Gasteiger partial charge in [-0.3, -0.25) is 9.59 Å². The fraction of sp³-hybridized carbons (Fsp3) is 0.857. The third-order valence-corrected chi connectivity index (χ3v) is 7.31. The molecular weight excluding hydrogens is 344 g/mol. The van der Waals surface area contributed by atoms with Gasteiger partial charge < -0.3 is 15.0 Å². The van der Waals surface area contributed by atoms with Crippen LogP contribution in [0.1, 0.15) is 73.6 Å². The van der Waals surface area contributed by atoms with E-state index in [1.165, 1.54) is 6.42 Å². The Morgan fingerprint density at radius 3 is 2.44 bits per heavy atom. The molecular formula is C21H36N2O4. The fourth-order valence-electron chi connectivity index (χ4n) is 4.61. The molecule has 1 saturated carbocycles. The SMILES string of the molecule is CC(CC1CCC(C)(C)C1(C)C)OC(=O)C1CCCN1C(=O)C(C)NC=O. The molecule has 1 aliphatic carbocycles. The monoisotopic (exact) mass is 380 g/mol. The van der Waals surface area contributed by atoms with E-state index in [1.807, 2.05) is 6.92 Å². The molecule has 2 fully saturated rings. The average molecular weight is 381 g/mol. The first-order valence-corrected chi connectivity index (χ1v) is 10.2. The highest BCUT2D eigenvalue weighted by molar-refractivity contribution is 5.89. The molecule has 0 aromatic carbocycles. The predicted octanol–water partition coefficient (Wildman–Crippen LogP) is 2.90. The zero-order valence-corrected chi connectivity index (χ0v) is 17.7. The zero-order valence-electron chi connectivity index (χ0n) is 17.7. The van der Waals surface area contributed by atoms with Crippen LogP contribution in [0.2, 0.25) is 0 Å². The van der Waals surface area contributed by atoms with E-state index in [-0.39, 0.29) is 28.8 Å². The lowest BCUT2D eigenvalue weighted by Crippen LogP contribution is -2.49. The van der Waals surface area contributed by atoms with Crippen LogP contribution in [0.5, 0.6) is 0 Å². The number of esters is 1. The molecule has 154 valence electrons. The van der Waals surface area contributed by atoms with Gasteiger partial charge in [-0.25, -0.2) is 4.79 Å². The highest BCUT2D eigenvalue weighted by Crippen LogP contribution is 2.57. The van der Waals surface area contributed by atoms with Crippen LogP contribution in [-0.2, 0) is 19.1 Å². The van der Waals surface area contributed by atoms with Gasteiger partial charge in [0.05, 0.1) is 6.10 Å². The van der Waals surface area contributed by atoms with Crippen molar-refractivity contribution in [1.29, 1.82) is 0 Å². The molecule has 0 spiro atoms. The maximum Gasteiger partial charge on any atom is 0.329 e. The topological polar surface area (TPSA) is 75.7 Å². The quantitative estimate of drug-likeness (QED) is 0.544. The Morgan fingerprint density at radius 1 is 1.22 bits per heavy atom.